The largest absolute Gasteiger partial charge is 0.377 e. The van der Waals surface area contributed by atoms with Gasteiger partial charge in [-0.2, -0.15) is 0 Å². The predicted octanol–water partition coefficient (Wildman–Crippen LogP) is 1.86. The Hall–Kier alpha value is -0.120. The monoisotopic (exact) mass is 228 g/mol. The molecule has 0 saturated heterocycles. The van der Waals surface area contributed by atoms with Gasteiger partial charge in [0.2, 0.25) is 0 Å². The highest BCUT2D eigenvalue weighted by Crippen LogP contribution is 2.37. The molecule has 1 saturated carbocycles. The Labute approximate surface area is 100 Å². The summed E-state index contributed by atoms with van der Waals surface area (Å²) in [5.74, 6) is 0. The summed E-state index contributed by atoms with van der Waals surface area (Å²) in [5.41, 5.74) is 6.33. The number of likely N-dealkylation sites (N-methyl/N-ethyl adjacent to an activating group) is 1. The van der Waals surface area contributed by atoms with Crippen LogP contribution in [0.2, 0.25) is 0 Å². The maximum Gasteiger partial charge on any atom is 0.0596 e. The van der Waals surface area contributed by atoms with E-state index in [1.54, 1.807) is 0 Å². The molecule has 0 amide bonds. The van der Waals surface area contributed by atoms with Gasteiger partial charge < -0.3 is 15.4 Å². The smallest absolute Gasteiger partial charge is 0.0596 e. The van der Waals surface area contributed by atoms with Gasteiger partial charge in [0, 0.05) is 13.1 Å². The lowest BCUT2D eigenvalue weighted by molar-refractivity contribution is 0.0553. The predicted molar refractivity (Wildman–Crippen MR) is 68.5 cm³/mol. The van der Waals surface area contributed by atoms with Crippen molar-refractivity contribution >= 4 is 0 Å². The van der Waals surface area contributed by atoms with Gasteiger partial charge in [-0.1, -0.05) is 12.8 Å². The molecule has 1 fully saturated rings. The quantitative estimate of drug-likeness (QED) is 0.723. The zero-order valence-corrected chi connectivity index (χ0v) is 11.2. The molecule has 0 bridgehead atoms. The van der Waals surface area contributed by atoms with Gasteiger partial charge in [0.25, 0.3) is 0 Å². The fourth-order valence-corrected chi connectivity index (χ4v) is 2.65. The van der Waals surface area contributed by atoms with Crippen LogP contribution in [0.3, 0.4) is 0 Å². The van der Waals surface area contributed by atoms with Crippen molar-refractivity contribution in [3.63, 3.8) is 0 Å². The highest BCUT2D eigenvalue weighted by atomic mass is 16.5. The molecule has 3 heteroatoms. The van der Waals surface area contributed by atoms with Crippen LogP contribution in [0.4, 0.5) is 0 Å². The maximum absolute atomic E-state index is 5.94. The maximum atomic E-state index is 5.94. The first kappa shape index (κ1) is 13.9. The third kappa shape index (κ3) is 4.40. The Bertz CT molecular complexity index is 188. The molecule has 1 aliphatic carbocycles. The molecule has 0 aromatic carbocycles. The molecule has 16 heavy (non-hydrogen) atoms. The summed E-state index contributed by atoms with van der Waals surface area (Å²) in [6.45, 7) is 7.97. The van der Waals surface area contributed by atoms with Crippen LogP contribution >= 0.6 is 0 Å². The van der Waals surface area contributed by atoms with Gasteiger partial charge in [-0.15, -0.1) is 0 Å². The zero-order valence-electron chi connectivity index (χ0n) is 11.2. The van der Waals surface area contributed by atoms with Crippen LogP contribution in [0.15, 0.2) is 0 Å². The van der Waals surface area contributed by atoms with Crippen LogP contribution in [0.5, 0.6) is 0 Å². The third-order valence-corrected chi connectivity index (χ3v) is 3.63. The molecule has 2 N–H and O–H groups in total. The number of hydrogen-bond acceptors (Lipinski definition) is 3. The van der Waals surface area contributed by atoms with E-state index in [4.69, 9.17) is 10.5 Å². The minimum Gasteiger partial charge on any atom is -0.377 e. The molecular weight excluding hydrogens is 200 g/mol. The second-order valence-electron chi connectivity index (χ2n) is 5.57. The van der Waals surface area contributed by atoms with Crippen LogP contribution in [0.1, 0.15) is 39.5 Å². The molecule has 0 atom stereocenters. The number of rotatable bonds is 7. The fourth-order valence-electron chi connectivity index (χ4n) is 2.65. The summed E-state index contributed by atoms with van der Waals surface area (Å²) in [5, 5.41) is 0. The fraction of sp³-hybridized carbons (Fsp3) is 1.00. The molecular formula is C13H28N2O. The Morgan fingerprint density at radius 1 is 1.31 bits per heavy atom. The normalized spacial score (nSPS) is 19.9. The van der Waals surface area contributed by atoms with Gasteiger partial charge in [-0.3, -0.25) is 0 Å². The molecule has 0 aliphatic heterocycles. The summed E-state index contributed by atoms with van der Waals surface area (Å²) >= 11 is 0. The molecule has 0 spiro atoms. The highest BCUT2D eigenvalue weighted by Gasteiger charge is 2.33. The van der Waals surface area contributed by atoms with Crippen LogP contribution in [0, 0.1) is 5.41 Å². The summed E-state index contributed by atoms with van der Waals surface area (Å²) in [6, 6.07) is 0. The van der Waals surface area contributed by atoms with Crippen LogP contribution in [-0.4, -0.2) is 44.3 Å². The molecule has 1 rings (SSSR count). The average molecular weight is 228 g/mol. The average Bonchev–Trinajstić information content (AvgIpc) is 2.66. The van der Waals surface area contributed by atoms with E-state index < -0.39 is 0 Å². The van der Waals surface area contributed by atoms with Crippen molar-refractivity contribution in [2.75, 3.05) is 33.3 Å². The van der Waals surface area contributed by atoms with E-state index >= 15 is 0 Å². The highest BCUT2D eigenvalue weighted by molar-refractivity contribution is 4.87. The van der Waals surface area contributed by atoms with Crippen molar-refractivity contribution in [3.05, 3.63) is 0 Å². The topological polar surface area (TPSA) is 38.5 Å². The van der Waals surface area contributed by atoms with Crippen molar-refractivity contribution in [2.24, 2.45) is 11.1 Å². The minimum atomic E-state index is 0.336. The van der Waals surface area contributed by atoms with E-state index in [2.05, 4.69) is 25.8 Å². The molecule has 0 unspecified atom stereocenters. The molecule has 0 radical (unpaired) electrons. The number of nitrogens with zero attached hydrogens (tertiary/aromatic N) is 1. The summed E-state index contributed by atoms with van der Waals surface area (Å²) in [4.78, 5) is 2.38. The second kappa shape index (κ2) is 6.58. The van der Waals surface area contributed by atoms with Crippen LogP contribution in [0.25, 0.3) is 0 Å². The van der Waals surface area contributed by atoms with E-state index in [9.17, 15) is 0 Å². The Morgan fingerprint density at radius 2 is 1.94 bits per heavy atom. The zero-order chi connectivity index (χ0) is 12.0. The van der Waals surface area contributed by atoms with E-state index in [0.717, 1.165) is 26.2 Å². The Balaban J connectivity index is 2.24. The first-order chi connectivity index (χ1) is 7.58. The summed E-state index contributed by atoms with van der Waals surface area (Å²) in [7, 11) is 2.18. The van der Waals surface area contributed by atoms with Gasteiger partial charge in [-0.25, -0.2) is 0 Å². The van der Waals surface area contributed by atoms with E-state index in [1.807, 2.05) is 0 Å². The van der Waals surface area contributed by atoms with Crippen LogP contribution < -0.4 is 5.73 Å². The molecule has 3 nitrogen and oxygen atoms in total. The lowest BCUT2D eigenvalue weighted by atomic mass is 9.86. The minimum absolute atomic E-state index is 0.336. The SMILES string of the molecule is CC(C)OCCN(C)CC1(CN)CCCC1. The van der Waals surface area contributed by atoms with Gasteiger partial charge in [0.1, 0.15) is 0 Å². The molecule has 0 heterocycles. The summed E-state index contributed by atoms with van der Waals surface area (Å²) in [6.07, 6.45) is 5.65. The first-order valence-electron chi connectivity index (χ1n) is 6.58. The lowest BCUT2D eigenvalue weighted by Gasteiger charge is -2.32. The lowest BCUT2D eigenvalue weighted by Crippen LogP contribution is -2.40. The van der Waals surface area contributed by atoms with E-state index in [-0.39, 0.29) is 0 Å². The molecule has 0 aromatic heterocycles. The number of ether oxygens (including phenoxy) is 1. The first-order valence-corrected chi connectivity index (χ1v) is 6.58. The van der Waals surface area contributed by atoms with Crippen molar-refractivity contribution in [1.29, 1.82) is 0 Å². The van der Waals surface area contributed by atoms with Crippen molar-refractivity contribution in [2.45, 2.75) is 45.6 Å². The van der Waals surface area contributed by atoms with Crippen molar-refractivity contribution in [3.8, 4) is 0 Å². The molecule has 1 aliphatic rings. The van der Waals surface area contributed by atoms with E-state index in [0.29, 0.717) is 11.5 Å². The van der Waals surface area contributed by atoms with Crippen LogP contribution in [-0.2, 0) is 4.74 Å². The third-order valence-electron chi connectivity index (χ3n) is 3.63. The standard InChI is InChI=1S/C13H28N2O/c1-12(2)16-9-8-15(3)11-13(10-14)6-4-5-7-13/h12H,4-11,14H2,1-3H3. The second-order valence-corrected chi connectivity index (χ2v) is 5.57. The van der Waals surface area contributed by atoms with Gasteiger partial charge in [0.15, 0.2) is 0 Å². The molecule has 96 valence electrons. The van der Waals surface area contributed by atoms with Crippen molar-refractivity contribution in [1.82, 2.24) is 4.90 Å². The molecule has 0 aromatic rings. The Morgan fingerprint density at radius 3 is 2.44 bits per heavy atom. The van der Waals surface area contributed by atoms with Gasteiger partial charge in [0.05, 0.1) is 12.7 Å². The van der Waals surface area contributed by atoms with E-state index in [1.165, 1.54) is 25.7 Å². The van der Waals surface area contributed by atoms with Gasteiger partial charge >= 0.3 is 0 Å². The Kier molecular flexibility index (Phi) is 5.73. The van der Waals surface area contributed by atoms with Crippen molar-refractivity contribution < 1.29 is 4.74 Å². The summed E-state index contributed by atoms with van der Waals surface area (Å²) < 4.78 is 5.57. The van der Waals surface area contributed by atoms with Gasteiger partial charge in [-0.05, 0) is 45.7 Å². The number of hydrogen-bond donors (Lipinski definition) is 1. The number of nitrogens with two attached hydrogens (primary N) is 1.